The molecule has 3 aliphatic rings. The molecular formula is C8H11N5O. The van der Waals surface area contributed by atoms with E-state index in [0.717, 1.165) is 12.4 Å². The van der Waals surface area contributed by atoms with Gasteiger partial charge < -0.3 is 5.32 Å². The lowest BCUT2D eigenvalue weighted by atomic mass is 10.0. The van der Waals surface area contributed by atoms with Gasteiger partial charge in [0.05, 0.1) is 6.54 Å². The van der Waals surface area contributed by atoms with E-state index in [1.165, 1.54) is 0 Å². The fourth-order valence-electron chi connectivity index (χ4n) is 1.98. The summed E-state index contributed by atoms with van der Waals surface area (Å²) in [6.07, 6.45) is 1.48. The predicted molar refractivity (Wildman–Crippen MR) is 50.9 cm³/mol. The van der Waals surface area contributed by atoms with Crippen LogP contribution in [-0.4, -0.2) is 48.7 Å². The van der Waals surface area contributed by atoms with Gasteiger partial charge >= 0.3 is 0 Å². The van der Waals surface area contributed by atoms with E-state index >= 15 is 0 Å². The minimum atomic E-state index is -0.197. The van der Waals surface area contributed by atoms with Crippen LogP contribution in [0, 0.1) is 5.92 Å². The molecule has 0 bridgehead atoms. The molecule has 1 fully saturated rings. The Morgan fingerprint density at radius 2 is 2.50 bits per heavy atom. The van der Waals surface area contributed by atoms with Crippen molar-refractivity contribution in [1.82, 2.24) is 15.6 Å². The second-order valence-electron chi connectivity index (χ2n) is 3.59. The van der Waals surface area contributed by atoms with Crippen LogP contribution in [-0.2, 0) is 4.79 Å². The summed E-state index contributed by atoms with van der Waals surface area (Å²) < 4.78 is 0. The summed E-state index contributed by atoms with van der Waals surface area (Å²) in [6, 6.07) is 0. The van der Waals surface area contributed by atoms with E-state index in [-0.39, 0.29) is 18.0 Å². The normalized spacial score (nSPS) is 34.7. The highest BCUT2D eigenvalue weighted by Gasteiger charge is 2.40. The standard InChI is InChI=1S/C8H11N5O/c14-8-5-3-10-12-7(5)11-6-4-9-1-2-13(6)8/h3,5,7,9,12H,1-2,4H2. The number of fused-ring (bicyclic) bond motifs is 2. The van der Waals surface area contributed by atoms with Gasteiger partial charge in [0.2, 0.25) is 5.91 Å². The van der Waals surface area contributed by atoms with E-state index in [9.17, 15) is 4.79 Å². The largest absolute Gasteiger partial charge is 0.308 e. The monoisotopic (exact) mass is 193 g/mol. The number of carbonyl (C=O) groups is 1. The van der Waals surface area contributed by atoms with Gasteiger partial charge in [-0.2, -0.15) is 5.10 Å². The van der Waals surface area contributed by atoms with Crippen molar-refractivity contribution in [1.29, 1.82) is 0 Å². The highest BCUT2D eigenvalue weighted by atomic mass is 16.2. The van der Waals surface area contributed by atoms with Crippen molar-refractivity contribution in [2.45, 2.75) is 6.17 Å². The van der Waals surface area contributed by atoms with E-state index in [1.54, 1.807) is 11.1 Å². The Balaban J connectivity index is 1.96. The minimum absolute atomic E-state index is 0.121. The number of nitrogens with one attached hydrogen (secondary N) is 2. The Morgan fingerprint density at radius 3 is 3.43 bits per heavy atom. The van der Waals surface area contributed by atoms with Gasteiger partial charge in [0.15, 0.2) is 6.17 Å². The van der Waals surface area contributed by atoms with E-state index < -0.39 is 0 Å². The SMILES string of the molecule is O=C1C2C=NNC2N=C2CNCCN12. The summed E-state index contributed by atoms with van der Waals surface area (Å²) in [5, 5.41) is 7.08. The van der Waals surface area contributed by atoms with Crippen molar-refractivity contribution in [2.75, 3.05) is 19.6 Å². The maximum atomic E-state index is 11.9. The molecule has 0 spiro atoms. The van der Waals surface area contributed by atoms with Gasteiger partial charge in [-0.25, -0.2) is 4.99 Å². The first-order valence-electron chi connectivity index (χ1n) is 4.74. The molecule has 14 heavy (non-hydrogen) atoms. The number of nitrogens with zero attached hydrogens (tertiary/aromatic N) is 3. The molecule has 3 rings (SSSR count). The van der Waals surface area contributed by atoms with Crippen LogP contribution in [0.2, 0.25) is 0 Å². The average molecular weight is 193 g/mol. The zero-order chi connectivity index (χ0) is 9.54. The van der Waals surface area contributed by atoms with Crippen LogP contribution in [0.25, 0.3) is 0 Å². The number of hydrogen-bond donors (Lipinski definition) is 2. The van der Waals surface area contributed by atoms with Gasteiger partial charge in [0.25, 0.3) is 0 Å². The Morgan fingerprint density at radius 1 is 1.57 bits per heavy atom. The second kappa shape index (κ2) is 2.78. The summed E-state index contributed by atoms with van der Waals surface area (Å²) in [4.78, 5) is 18.1. The van der Waals surface area contributed by atoms with Gasteiger partial charge in [-0.15, -0.1) is 0 Å². The fraction of sp³-hybridized carbons (Fsp3) is 0.625. The third-order valence-corrected chi connectivity index (χ3v) is 2.73. The van der Waals surface area contributed by atoms with Crippen LogP contribution in [0.1, 0.15) is 0 Å². The highest BCUT2D eigenvalue weighted by Crippen LogP contribution is 2.19. The maximum Gasteiger partial charge on any atom is 0.240 e. The van der Waals surface area contributed by atoms with E-state index in [1.807, 2.05) is 0 Å². The Labute approximate surface area is 81.1 Å². The average Bonchev–Trinajstić information content (AvgIpc) is 2.66. The number of hydrogen-bond acceptors (Lipinski definition) is 5. The molecule has 2 unspecified atom stereocenters. The second-order valence-corrected chi connectivity index (χ2v) is 3.59. The van der Waals surface area contributed by atoms with Crippen LogP contribution in [0.5, 0.6) is 0 Å². The first-order valence-corrected chi connectivity index (χ1v) is 4.74. The summed E-state index contributed by atoms with van der Waals surface area (Å²) in [5.41, 5.74) is 2.83. The van der Waals surface area contributed by atoms with Crippen LogP contribution in [0.3, 0.4) is 0 Å². The Bertz CT molecular complexity index is 337. The van der Waals surface area contributed by atoms with Crippen LogP contribution in [0.15, 0.2) is 10.1 Å². The lowest BCUT2D eigenvalue weighted by Crippen LogP contribution is -2.57. The maximum absolute atomic E-state index is 11.9. The Hall–Kier alpha value is -1.43. The van der Waals surface area contributed by atoms with E-state index in [4.69, 9.17) is 0 Å². The quantitative estimate of drug-likeness (QED) is 0.485. The molecule has 0 saturated carbocycles. The first-order chi connectivity index (χ1) is 6.86. The number of amidine groups is 1. The number of rotatable bonds is 0. The zero-order valence-corrected chi connectivity index (χ0v) is 7.60. The van der Waals surface area contributed by atoms with Gasteiger partial charge in [-0.3, -0.25) is 15.1 Å². The Kier molecular flexibility index (Phi) is 1.57. The predicted octanol–water partition coefficient (Wildman–Crippen LogP) is -1.64. The van der Waals surface area contributed by atoms with E-state index in [0.29, 0.717) is 13.1 Å². The van der Waals surface area contributed by atoms with Crippen molar-refractivity contribution in [3.63, 3.8) is 0 Å². The summed E-state index contributed by atoms with van der Waals surface area (Å²) in [6.45, 7) is 2.23. The molecule has 74 valence electrons. The molecule has 0 aliphatic carbocycles. The third kappa shape index (κ3) is 0.971. The summed E-state index contributed by atoms with van der Waals surface area (Å²) in [7, 11) is 0. The minimum Gasteiger partial charge on any atom is -0.308 e. The number of piperazine rings is 1. The van der Waals surface area contributed by atoms with Crippen molar-refractivity contribution >= 4 is 18.0 Å². The third-order valence-electron chi connectivity index (χ3n) is 2.73. The first kappa shape index (κ1) is 7.93. The molecule has 1 amide bonds. The molecule has 0 aromatic rings. The molecule has 0 radical (unpaired) electrons. The molecule has 0 aromatic carbocycles. The van der Waals surface area contributed by atoms with Gasteiger partial charge in [0, 0.05) is 19.3 Å². The highest BCUT2D eigenvalue weighted by molar-refractivity contribution is 6.08. The smallest absolute Gasteiger partial charge is 0.240 e. The molecule has 2 N–H and O–H groups in total. The molecular weight excluding hydrogens is 182 g/mol. The number of aliphatic imine (C=N–C) groups is 1. The van der Waals surface area contributed by atoms with Crippen LogP contribution < -0.4 is 10.7 Å². The van der Waals surface area contributed by atoms with E-state index in [2.05, 4.69) is 20.8 Å². The zero-order valence-electron chi connectivity index (χ0n) is 7.60. The molecule has 3 heterocycles. The fourth-order valence-corrected chi connectivity index (χ4v) is 1.98. The topological polar surface area (TPSA) is 69.1 Å². The lowest BCUT2D eigenvalue weighted by Gasteiger charge is -2.35. The molecule has 2 atom stereocenters. The molecule has 6 nitrogen and oxygen atoms in total. The van der Waals surface area contributed by atoms with Crippen molar-refractivity contribution in [2.24, 2.45) is 16.0 Å². The van der Waals surface area contributed by atoms with Crippen molar-refractivity contribution < 1.29 is 4.79 Å². The summed E-state index contributed by atoms with van der Waals surface area (Å²) in [5.74, 6) is 0.757. The number of carbonyl (C=O) groups excluding carboxylic acids is 1. The van der Waals surface area contributed by atoms with Crippen molar-refractivity contribution in [3.05, 3.63) is 0 Å². The van der Waals surface area contributed by atoms with Gasteiger partial charge in [-0.05, 0) is 0 Å². The molecule has 6 heteroatoms. The molecule has 1 saturated heterocycles. The van der Waals surface area contributed by atoms with Crippen molar-refractivity contribution in [3.8, 4) is 0 Å². The van der Waals surface area contributed by atoms with Gasteiger partial charge in [-0.1, -0.05) is 0 Å². The summed E-state index contributed by atoms with van der Waals surface area (Å²) >= 11 is 0. The van der Waals surface area contributed by atoms with Crippen LogP contribution in [0.4, 0.5) is 0 Å². The number of hydrazone groups is 1. The van der Waals surface area contributed by atoms with Gasteiger partial charge in [0.1, 0.15) is 11.8 Å². The number of amides is 1. The van der Waals surface area contributed by atoms with Crippen LogP contribution >= 0.6 is 0 Å². The molecule has 0 aromatic heterocycles. The molecule has 3 aliphatic heterocycles. The lowest BCUT2D eigenvalue weighted by molar-refractivity contribution is -0.130.